The number of aliphatic hydroxyl groups is 1. The van der Waals surface area contributed by atoms with E-state index in [0.29, 0.717) is 6.04 Å². The van der Waals surface area contributed by atoms with E-state index >= 15 is 0 Å². The van der Waals surface area contributed by atoms with Crippen molar-refractivity contribution in [2.75, 3.05) is 4.90 Å². The highest BCUT2D eigenvalue weighted by atomic mass is 16.3. The summed E-state index contributed by atoms with van der Waals surface area (Å²) in [4.78, 5) is 2.33. The van der Waals surface area contributed by atoms with Crippen molar-refractivity contribution in [3.63, 3.8) is 0 Å². The molecule has 2 heteroatoms. The topological polar surface area (TPSA) is 23.5 Å². The minimum absolute atomic E-state index is 0.370. The molecule has 1 atom stereocenters. The monoisotopic (exact) mass is 269 g/mol. The van der Waals surface area contributed by atoms with E-state index in [2.05, 4.69) is 49.1 Å². The summed E-state index contributed by atoms with van der Waals surface area (Å²) in [6, 6.07) is 18.9. The molecule has 20 heavy (non-hydrogen) atoms. The maximum atomic E-state index is 9.97. The van der Waals surface area contributed by atoms with Gasteiger partial charge in [0.15, 0.2) is 0 Å². The first-order chi connectivity index (χ1) is 9.59. The highest BCUT2D eigenvalue weighted by Crippen LogP contribution is 2.28. The average molecular weight is 269 g/mol. The second-order valence-corrected chi connectivity index (χ2v) is 5.44. The number of rotatable bonds is 5. The van der Waals surface area contributed by atoms with Crippen molar-refractivity contribution in [3.8, 4) is 0 Å². The lowest BCUT2D eigenvalue weighted by Crippen LogP contribution is -2.31. The third-order valence-corrected chi connectivity index (χ3v) is 3.52. The fraction of sp³-hybridized carbons (Fsp3) is 0.333. The van der Waals surface area contributed by atoms with Gasteiger partial charge < -0.3 is 10.0 Å². The molecule has 0 spiro atoms. The van der Waals surface area contributed by atoms with E-state index in [-0.39, 0.29) is 0 Å². The molecule has 0 amide bonds. The van der Waals surface area contributed by atoms with Gasteiger partial charge in [0, 0.05) is 23.8 Å². The molecule has 2 aromatic carbocycles. The first-order valence-electron chi connectivity index (χ1n) is 7.17. The standard InChI is InChI=1S/C18H23NO/c1-14(2)19(13-16-9-5-4-6-10-16)18-12-8-7-11-17(18)15(3)20/h4-12,14-15,20H,13H2,1-3H3/t15-/m0/s1. The summed E-state index contributed by atoms with van der Waals surface area (Å²) in [7, 11) is 0. The summed E-state index contributed by atoms with van der Waals surface area (Å²) >= 11 is 0. The van der Waals surface area contributed by atoms with Crippen LogP contribution in [0.3, 0.4) is 0 Å². The van der Waals surface area contributed by atoms with E-state index in [4.69, 9.17) is 0 Å². The lowest BCUT2D eigenvalue weighted by Gasteiger charge is -2.31. The largest absolute Gasteiger partial charge is 0.389 e. The molecule has 0 heterocycles. The quantitative estimate of drug-likeness (QED) is 0.881. The Morgan fingerprint density at radius 2 is 1.50 bits per heavy atom. The van der Waals surface area contributed by atoms with Crippen LogP contribution in [0, 0.1) is 0 Å². The van der Waals surface area contributed by atoms with E-state index in [9.17, 15) is 5.11 Å². The maximum absolute atomic E-state index is 9.97. The number of para-hydroxylation sites is 1. The lowest BCUT2D eigenvalue weighted by molar-refractivity contribution is 0.199. The van der Waals surface area contributed by atoms with Crippen LogP contribution in [-0.4, -0.2) is 11.1 Å². The molecule has 2 aromatic rings. The molecule has 0 fully saturated rings. The Bertz CT molecular complexity index is 534. The van der Waals surface area contributed by atoms with Gasteiger partial charge in [0.05, 0.1) is 6.10 Å². The van der Waals surface area contributed by atoms with Gasteiger partial charge in [-0.05, 0) is 32.4 Å². The molecule has 0 aromatic heterocycles. The summed E-state index contributed by atoms with van der Waals surface area (Å²) in [5, 5.41) is 9.97. The van der Waals surface area contributed by atoms with Gasteiger partial charge >= 0.3 is 0 Å². The minimum Gasteiger partial charge on any atom is -0.389 e. The van der Waals surface area contributed by atoms with Crippen LogP contribution < -0.4 is 4.90 Å². The van der Waals surface area contributed by atoms with Crippen molar-refractivity contribution < 1.29 is 5.11 Å². The normalized spacial score (nSPS) is 12.4. The van der Waals surface area contributed by atoms with E-state index < -0.39 is 6.10 Å². The van der Waals surface area contributed by atoms with Gasteiger partial charge in [-0.2, -0.15) is 0 Å². The zero-order chi connectivity index (χ0) is 14.5. The number of nitrogens with zero attached hydrogens (tertiary/aromatic N) is 1. The Morgan fingerprint density at radius 3 is 2.10 bits per heavy atom. The van der Waals surface area contributed by atoms with Crippen LogP contribution in [0.5, 0.6) is 0 Å². The zero-order valence-corrected chi connectivity index (χ0v) is 12.5. The van der Waals surface area contributed by atoms with Crippen molar-refractivity contribution >= 4 is 5.69 Å². The third kappa shape index (κ3) is 3.40. The number of hydrogen-bond donors (Lipinski definition) is 1. The minimum atomic E-state index is -0.455. The molecule has 0 aliphatic heterocycles. The first-order valence-corrected chi connectivity index (χ1v) is 7.17. The predicted molar refractivity (Wildman–Crippen MR) is 84.8 cm³/mol. The van der Waals surface area contributed by atoms with Gasteiger partial charge in [-0.3, -0.25) is 0 Å². The fourth-order valence-corrected chi connectivity index (χ4v) is 2.43. The van der Waals surface area contributed by atoms with Gasteiger partial charge in [-0.1, -0.05) is 48.5 Å². The van der Waals surface area contributed by atoms with Crippen LogP contribution in [0.4, 0.5) is 5.69 Å². The molecule has 1 N–H and O–H groups in total. The maximum Gasteiger partial charge on any atom is 0.0781 e. The number of benzene rings is 2. The highest BCUT2D eigenvalue weighted by molar-refractivity contribution is 5.55. The summed E-state index contributed by atoms with van der Waals surface area (Å²) in [5.41, 5.74) is 3.38. The molecule has 0 saturated heterocycles. The van der Waals surface area contributed by atoms with E-state index in [0.717, 1.165) is 17.8 Å². The summed E-state index contributed by atoms with van der Waals surface area (Å²) in [6.45, 7) is 7.03. The molecule has 0 radical (unpaired) electrons. The summed E-state index contributed by atoms with van der Waals surface area (Å²) < 4.78 is 0. The van der Waals surface area contributed by atoms with Crippen molar-refractivity contribution in [2.45, 2.75) is 39.5 Å². The summed E-state index contributed by atoms with van der Waals surface area (Å²) in [5.74, 6) is 0. The van der Waals surface area contributed by atoms with E-state index in [1.54, 1.807) is 0 Å². The van der Waals surface area contributed by atoms with Gasteiger partial charge in [0.25, 0.3) is 0 Å². The van der Waals surface area contributed by atoms with Crippen molar-refractivity contribution in [3.05, 3.63) is 65.7 Å². The predicted octanol–water partition coefficient (Wildman–Crippen LogP) is 4.15. The van der Waals surface area contributed by atoms with Gasteiger partial charge in [0.2, 0.25) is 0 Å². The molecule has 2 rings (SSSR count). The van der Waals surface area contributed by atoms with Crippen LogP contribution in [0.25, 0.3) is 0 Å². The molecule has 2 nitrogen and oxygen atoms in total. The van der Waals surface area contributed by atoms with Gasteiger partial charge in [-0.25, -0.2) is 0 Å². The smallest absolute Gasteiger partial charge is 0.0781 e. The Labute approximate surface area is 121 Å². The second kappa shape index (κ2) is 6.58. The molecule has 0 unspecified atom stereocenters. The van der Waals surface area contributed by atoms with Gasteiger partial charge in [0.1, 0.15) is 0 Å². The van der Waals surface area contributed by atoms with Crippen LogP contribution in [0.1, 0.15) is 38.0 Å². The van der Waals surface area contributed by atoms with Crippen LogP contribution >= 0.6 is 0 Å². The second-order valence-electron chi connectivity index (χ2n) is 5.44. The number of hydrogen-bond acceptors (Lipinski definition) is 2. The Balaban J connectivity index is 2.34. The number of anilines is 1. The Kier molecular flexibility index (Phi) is 4.80. The number of aliphatic hydroxyl groups excluding tert-OH is 1. The molecule has 0 aliphatic rings. The van der Waals surface area contributed by atoms with Crippen LogP contribution in [0.2, 0.25) is 0 Å². The Morgan fingerprint density at radius 1 is 0.900 bits per heavy atom. The van der Waals surface area contributed by atoms with Gasteiger partial charge in [-0.15, -0.1) is 0 Å². The zero-order valence-electron chi connectivity index (χ0n) is 12.5. The molecular weight excluding hydrogens is 246 g/mol. The van der Waals surface area contributed by atoms with Crippen molar-refractivity contribution in [1.29, 1.82) is 0 Å². The fourth-order valence-electron chi connectivity index (χ4n) is 2.43. The lowest BCUT2D eigenvalue weighted by atomic mass is 10.1. The van der Waals surface area contributed by atoms with E-state index in [1.165, 1.54) is 5.56 Å². The molecule has 106 valence electrons. The molecule has 0 aliphatic carbocycles. The molecule has 0 bridgehead atoms. The van der Waals surface area contributed by atoms with Crippen molar-refractivity contribution in [1.82, 2.24) is 0 Å². The highest BCUT2D eigenvalue weighted by Gasteiger charge is 2.16. The molecule has 0 saturated carbocycles. The summed E-state index contributed by atoms with van der Waals surface area (Å²) in [6.07, 6.45) is -0.455. The van der Waals surface area contributed by atoms with Crippen LogP contribution in [-0.2, 0) is 6.54 Å². The molecular formula is C18H23NO. The van der Waals surface area contributed by atoms with Crippen molar-refractivity contribution in [2.24, 2.45) is 0 Å². The third-order valence-electron chi connectivity index (χ3n) is 3.52. The Hall–Kier alpha value is -1.80. The average Bonchev–Trinajstić information content (AvgIpc) is 2.45. The van der Waals surface area contributed by atoms with Crippen LogP contribution in [0.15, 0.2) is 54.6 Å². The SMILES string of the molecule is CC(C)N(Cc1ccccc1)c1ccccc1[C@H](C)O. The first kappa shape index (κ1) is 14.6. The van der Waals surface area contributed by atoms with E-state index in [1.807, 2.05) is 31.2 Å².